The Balaban J connectivity index is 2.27. The van der Waals surface area contributed by atoms with Gasteiger partial charge < -0.3 is 10.5 Å². The first-order valence-electron chi connectivity index (χ1n) is 5.34. The Labute approximate surface area is 106 Å². The van der Waals surface area contributed by atoms with Crippen molar-refractivity contribution in [1.82, 2.24) is 0 Å². The van der Waals surface area contributed by atoms with Crippen LogP contribution in [-0.4, -0.2) is 27.4 Å². The largest absolute Gasteiger partial charge is 0.399 e. The number of nitrogen functional groups attached to an aromatic ring is 1. The zero-order valence-electron chi connectivity index (χ0n) is 9.23. The van der Waals surface area contributed by atoms with E-state index in [1.165, 1.54) is 12.1 Å². The Morgan fingerprint density at radius 2 is 2.24 bits per heavy atom. The molecule has 1 atom stereocenters. The van der Waals surface area contributed by atoms with Crippen molar-refractivity contribution in [3.05, 3.63) is 23.2 Å². The van der Waals surface area contributed by atoms with E-state index in [1.54, 1.807) is 6.07 Å². The summed E-state index contributed by atoms with van der Waals surface area (Å²) in [5.74, 6) is 0.119. The van der Waals surface area contributed by atoms with E-state index in [4.69, 9.17) is 22.1 Å². The highest BCUT2D eigenvalue weighted by molar-refractivity contribution is 7.91. The molecule has 0 aliphatic carbocycles. The maximum Gasteiger partial charge on any atom is 0.180 e. The van der Waals surface area contributed by atoms with Gasteiger partial charge in [-0.15, -0.1) is 0 Å². The molecule has 0 bridgehead atoms. The highest BCUT2D eigenvalue weighted by Gasteiger charge is 2.26. The van der Waals surface area contributed by atoms with Crippen LogP contribution in [0.1, 0.15) is 6.42 Å². The summed E-state index contributed by atoms with van der Waals surface area (Å²) in [6.07, 6.45) is 0.777. The van der Waals surface area contributed by atoms with Crippen molar-refractivity contribution >= 4 is 27.1 Å². The summed E-state index contributed by atoms with van der Waals surface area (Å²) in [5, 5.41) is 0.220. The first kappa shape index (κ1) is 12.7. The maximum absolute atomic E-state index is 12.2. The van der Waals surface area contributed by atoms with Gasteiger partial charge >= 0.3 is 0 Å². The van der Waals surface area contributed by atoms with E-state index >= 15 is 0 Å². The molecule has 0 aromatic heterocycles. The third kappa shape index (κ3) is 2.91. The predicted octanol–water partition coefficient (Wildman–Crippen LogP) is 1.73. The number of hydrogen-bond acceptors (Lipinski definition) is 4. The number of ether oxygens (including phenoxy) is 1. The second kappa shape index (κ2) is 4.84. The third-order valence-electron chi connectivity index (χ3n) is 2.77. The number of sulfone groups is 1. The molecular weight excluding hydrogens is 262 g/mol. The van der Waals surface area contributed by atoms with Gasteiger partial charge in [-0.25, -0.2) is 8.42 Å². The minimum absolute atomic E-state index is 0.0532. The number of hydrogen-bond donors (Lipinski definition) is 1. The standard InChI is InChI=1S/C11H14ClNO3S/c12-10-2-1-9(13)5-11(10)17(14,15)7-8-3-4-16-6-8/h1-2,5,8H,3-4,6-7,13H2. The molecule has 1 aromatic rings. The number of benzene rings is 1. The summed E-state index contributed by atoms with van der Waals surface area (Å²) in [6, 6.07) is 4.50. The van der Waals surface area contributed by atoms with Crippen LogP contribution < -0.4 is 5.73 Å². The lowest BCUT2D eigenvalue weighted by Gasteiger charge is -2.10. The normalized spacial score (nSPS) is 20.6. The minimum atomic E-state index is -3.39. The Morgan fingerprint density at radius 3 is 2.88 bits per heavy atom. The summed E-state index contributed by atoms with van der Waals surface area (Å²) in [7, 11) is -3.39. The van der Waals surface area contributed by atoms with Crippen LogP contribution in [0, 0.1) is 5.92 Å². The summed E-state index contributed by atoms with van der Waals surface area (Å²) < 4.78 is 29.5. The van der Waals surface area contributed by atoms with Gasteiger partial charge in [0.2, 0.25) is 0 Å². The highest BCUT2D eigenvalue weighted by atomic mass is 35.5. The highest BCUT2D eigenvalue weighted by Crippen LogP contribution is 2.27. The van der Waals surface area contributed by atoms with Crippen LogP contribution in [-0.2, 0) is 14.6 Å². The molecule has 94 valence electrons. The fraction of sp³-hybridized carbons (Fsp3) is 0.455. The molecule has 1 fully saturated rings. The number of nitrogens with two attached hydrogens (primary N) is 1. The van der Waals surface area contributed by atoms with Crippen molar-refractivity contribution < 1.29 is 13.2 Å². The van der Waals surface area contributed by atoms with Gasteiger partial charge in [0.25, 0.3) is 0 Å². The molecule has 0 radical (unpaired) electrons. The second-order valence-corrected chi connectivity index (χ2v) is 6.61. The van der Waals surface area contributed by atoms with E-state index in [0.29, 0.717) is 18.9 Å². The van der Waals surface area contributed by atoms with Crippen molar-refractivity contribution in [2.75, 3.05) is 24.7 Å². The Kier molecular flexibility index (Phi) is 3.61. The summed E-state index contributed by atoms with van der Waals surface area (Å²) >= 11 is 5.90. The van der Waals surface area contributed by atoms with Crippen molar-refractivity contribution in [2.24, 2.45) is 5.92 Å². The van der Waals surface area contributed by atoms with E-state index in [9.17, 15) is 8.42 Å². The molecule has 1 heterocycles. The zero-order valence-corrected chi connectivity index (χ0v) is 10.8. The van der Waals surface area contributed by atoms with Gasteiger partial charge in [0.15, 0.2) is 9.84 Å². The van der Waals surface area contributed by atoms with Crippen molar-refractivity contribution in [2.45, 2.75) is 11.3 Å². The van der Waals surface area contributed by atoms with Gasteiger partial charge in [-0.05, 0) is 30.5 Å². The average Bonchev–Trinajstić information content (AvgIpc) is 2.73. The molecule has 0 saturated carbocycles. The summed E-state index contributed by atoms with van der Waals surface area (Å²) in [5.41, 5.74) is 5.98. The lowest BCUT2D eigenvalue weighted by atomic mass is 10.2. The molecule has 1 unspecified atom stereocenters. The number of rotatable bonds is 3. The molecule has 2 rings (SSSR count). The Hall–Kier alpha value is -0.780. The van der Waals surface area contributed by atoms with Gasteiger partial charge in [0.1, 0.15) is 0 Å². The first-order chi connectivity index (χ1) is 7.99. The predicted molar refractivity (Wildman–Crippen MR) is 66.8 cm³/mol. The summed E-state index contributed by atoms with van der Waals surface area (Å²) in [4.78, 5) is 0.117. The second-order valence-electron chi connectivity index (χ2n) is 4.20. The molecule has 0 amide bonds. The average molecular weight is 276 g/mol. The molecule has 2 N–H and O–H groups in total. The molecule has 6 heteroatoms. The summed E-state index contributed by atoms with van der Waals surface area (Å²) in [6.45, 7) is 1.13. The van der Waals surface area contributed by atoms with Crippen molar-refractivity contribution in [1.29, 1.82) is 0 Å². The van der Waals surface area contributed by atoms with E-state index in [2.05, 4.69) is 0 Å². The third-order valence-corrected chi connectivity index (χ3v) is 5.13. The smallest absolute Gasteiger partial charge is 0.180 e. The van der Waals surface area contributed by atoms with E-state index in [0.717, 1.165) is 6.42 Å². The lowest BCUT2D eigenvalue weighted by Crippen LogP contribution is -2.17. The van der Waals surface area contributed by atoms with Gasteiger partial charge in [-0.2, -0.15) is 0 Å². The quantitative estimate of drug-likeness (QED) is 0.853. The Bertz CT molecular complexity index is 509. The van der Waals surface area contributed by atoms with Crippen molar-refractivity contribution in [3.63, 3.8) is 0 Å². The van der Waals surface area contributed by atoms with Crippen LogP contribution in [0.5, 0.6) is 0 Å². The topological polar surface area (TPSA) is 69.4 Å². The van der Waals surface area contributed by atoms with Crippen LogP contribution in [0.4, 0.5) is 5.69 Å². The van der Waals surface area contributed by atoms with Crippen LogP contribution in [0.15, 0.2) is 23.1 Å². The van der Waals surface area contributed by atoms with Crippen LogP contribution >= 0.6 is 11.6 Å². The fourth-order valence-corrected chi connectivity index (χ4v) is 4.09. The van der Waals surface area contributed by atoms with Crippen LogP contribution in [0.25, 0.3) is 0 Å². The lowest BCUT2D eigenvalue weighted by molar-refractivity contribution is 0.188. The minimum Gasteiger partial charge on any atom is -0.399 e. The fourth-order valence-electron chi connectivity index (χ4n) is 1.87. The van der Waals surface area contributed by atoms with E-state index < -0.39 is 9.84 Å². The molecule has 0 spiro atoms. The SMILES string of the molecule is Nc1ccc(Cl)c(S(=O)(=O)CC2CCOC2)c1. The van der Waals surface area contributed by atoms with E-state index in [1.807, 2.05) is 0 Å². The first-order valence-corrected chi connectivity index (χ1v) is 7.37. The van der Waals surface area contributed by atoms with Gasteiger partial charge in [-0.1, -0.05) is 11.6 Å². The number of halogens is 1. The van der Waals surface area contributed by atoms with Gasteiger partial charge in [0, 0.05) is 12.3 Å². The zero-order chi connectivity index (χ0) is 12.5. The Morgan fingerprint density at radius 1 is 1.47 bits per heavy atom. The van der Waals surface area contributed by atoms with E-state index in [-0.39, 0.29) is 21.6 Å². The molecule has 17 heavy (non-hydrogen) atoms. The van der Waals surface area contributed by atoms with Crippen LogP contribution in [0.2, 0.25) is 5.02 Å². The molecule has 1 aliphatic heterocycles. The van der Waals surface area contributed by atoms with Crippen LogP contribution in [0.3, 0.4) is 0 Å². The maximum atomic E-state index is 12.2. The van der Waals surface area contributed by atoms with Gasteiger partial charge in [0.05, 0.1) is 22.3 Å². The molecule has 1 saturated heterocycles. The molecule has 4 nitrogen and oxygen atoms in total. The molecular formula is C11H14ClNO3S. The van der Waals surface area contributed by atoms with Crippen molar-refractivity contribution in [3.8, 4) is 0 Å². The molecule has 1 aromatic carbocycles. The number of anilines is 1. The monoisotopic (exact) mass is 275 g/mol. The molecule has 1 aliphatic rings. The van der Waals surface area contributed by atoms with Gasteiger partial charge in [-0.3, -0.25) is 0 Å².